The molecule has 200 valence electrons. The summed E-state index contributed by atoms with van der Waals surface area (Å²) in [6.45, 7) is 1.70. The number of amides is 1. The fourth-order valence-corrected chi connectivity index (χ4v) is 5.27. The molecule has 2 atom stereocenters. The van der Waals surface area contributed by atoms with E-state index < -0.39 is 17.5 Å². The second kappa shape index (κ2) is 11.1. The third-order valence-corrected chi connectivity index (χ3v) is 7.31. The zero-order valence-electron chi connectivity index (χ0n) is 21.7. The Labute approximate surface area is 230 Å². The minimum Gasteiger partial charge on any atom is -0.394 e. The van der Waals surface area contributed by atoms with Crippen LogP contribution in [0.2, 0.25) is 0 Å². The first-order chi connectivity index (χ1) is 19.6. The molecule has 1 aliphatic rings. The fourth-order valence-electron chi connectivity index (χ4n) is 5.27. The summed E-state index contributed by atoms with van der Waals surface area (Å²) in [5, 5.41) is 17.1. The van der Waals surface area contributed by atoms with E-state index in [-0.39, 0.29) is 18.7 Å². The molecule has 5 aromatic rings. The molecule has 2 aromatic carbocycles. The Kier molecular flexibility index (Phi) is 7.10. The minimum atomic E-state index is -0.587. The summed E-state index contributed by atoms with van der Waals surface area (Å²) in [4.78, 5) is 35.1. The Hall–Kier alpha value is -4.78. The average Bonchev–Trinajstić information content (AvgIpc) is 3.67. The van der Waals surface area contributed by atoms with Gasteiger partial charge < -0.3 is 24.9 Å². The third kappa shape index (κ3) is 4.86. The number of hydrogen-bond acceptors (Lipinski definition) is 6. The lowest BCUT2D eigenvalue weighted by Crippen LogP contribution is -2.35. The highest BCUT2D eigenvalue weighted by atomic mass is 16.3. The van der Waals surface area contributed by atoms with Crippen molar-refractivity contribution in [3.05, 3.63) is 106 Å². The van der Waals surface area contributed by atoms with Crippen LogP contribution < -0.4 is 16.2 Å². The van der Waals surface area contributed by atoms with Crippen molar-refractivity contribution in [3.8, 4) is 11.8 Å². The zero-order valence-corrected chi connectivity index (χ0v) is 21.7. The van der Waals surface area contributed by atoms with Crippen molar-refractivity contribution in [2.75, 3.05) is 26.2 Å². The number of aliphatic hydroxyl groups is 1. The number of carbonyl (C=O) groups excluding carboxylic acids is 1. The standard InChI is InChI=1S/C31H28N6O3/c38-19-28(22-7-2-1-3-8-22)36-15-5-9-24(31(36)40)30(39)33-13-4-6-21-10-11-26-25(16-21)29-27(18-34-26)35-20-37(29)23-12-14-32-17-23/h1-3,5,7-11,15-16,18,20,23,28,32,38H,12-14,17,19H2,(H,33,39)/t23-,28-/m1/s1. The molecular formula is C31H28N6O3. The summed E-state index contributed by atoms with van der Waals surface area (Å²) in [5.41, 5.74) is 3.86. The Bertz CT molecular complexity index is 1810. The Morgan fingerprint density at radius 1 is 1.12 bits per heavy atom. The van der Waals surface area contributed by atoms with Crippen molar-refractivity contribution in [1.82, 2.24) is 29.7 Å². The number of benzene rings is 2. The molecular weight excluding hydrogens is 504 g/mol. The maximum atomic E-state index is 13.1. The number of aliphatic hydroxyl groups excluding tert-OH is 1. The van der Waals surface area contributed by atoms with E-state index in [9.17, 15) is 14.7 Å². The smallest absolute Gasteiger partial charge is 0.264 e. The van der Waals surface area contributed by atoms with Gasteiger partial charge in [0.2, 0.25) is 0 Å². The van der Waals surface area contributed by atoms with Gasteiger partial charge in [-0.2, -0.15) is 0 Å². The first-order valence-corrected chi connectivity index (χ1v) is 13.2. The third-order valence-electron chi connectivity index (χ3n) is 7.31. The van der Waals surface area contributed by atoms with Gasteiger partial charge in [0.1, 0.15) is 11.1 Å². The fraction of sp³-hybridized carbons (Fsp3) is 0.226. The van der Waals surface area contributed by atoms with Crippen LogP contribution in [0.25, 0.3) is 21.9 Å². The molecule has 9 nitrogen and oxygen atoms in total. The zero-order chi connectivity index (χ0) is 27.5. The second-order valence-corrected chi connectivity index (χ2v) is 9.75. The van der Waals surface area contributed by atoms with Crippen molar-refractivity contribution in [3.63, 3.8) is 0 Å². The number of imidazole rings is 1. The van der Waals surface area contributed by atoms with Crippen molar-refractivity contribution in [2.24, 2.45) is 0 Å². The van der Waals surface area contributed by atoms with Crippen LogP contribution in [-0.2, 0) is 0 Å². The molecule has 1 saturated heterocycles. The number of rotatable bonds is 6. The normalized spacial score (nSPS) is 15.6. The van der Waals surface area contributed by atoms with Crippen LogP contribution in [0.3, 0.4) is 0 Å². The van der Waals surface area contributed by atoms with Gasteiger partial charge in [-0.05, 0) is 48.9 Å². The Morgan fingerprint density at radius 3 is 2.80 bits per heavy atom. The number of nitrogens with zero attached hydrogens (tertiary/aromatic N) is 4. The lowest BCUT2D eigenvalue weighted by molar-refractivity contribution is 0.0956. The van der Waals surface area contributed by atoms with Crippen LogP contribution in [0.1, 0.15) is 40.0 Å². The maximum Gasteiger partial charge on any atom is 0.264 e. The van der Waals surface area contributed by atoms with Gasteiger partial charge in [0, 0.05) is 29.7 Å². The van der Waals surface area contributed by atoms with E-state index in [1.807, 2.05) is 54.9 Å². The van der Waals surface area contributed by atoms with Gasteiger partial charge in [0.25, 0.3) is 11.5 Å². The highest BCUT2D eigenvalue weighted by molar-refractivity contribution is 6.02. The van der Waals surface area contributed by atoms with Gasteiger partial charge in [-0.1, -0.05) is 42.2 Å². The molecule has 3 aromatic heterocycles. The Morgan fingerprint density at radius 2 is 2.00 bits per heavy atom. The van der Waals surface area contributed by atoms with E-state index in [4.69, 9.17) is 0 Å². The first kappa shape index (κ1) is 25.5. The van der Waals surface area contributed by atoms with Crippen LogP contribution in [-0.4, -0.2) is 56.4 Å². The van der Waals surface area contributed by atoms with Crippen molar-refractivity contribution < 1.29 is 9.90 Å². The number of aromatic nitrogens is 4. The largest absolute Gasteiger partial charge is 0.394 e. The number of carbonyl (C=O) groups is 1. The monoisotopic (exact) mass is 532 g/mol. The van der Waals surface area contributed by atoms with Crippen molar-refractivity contribution in [1.29, 1.82) is 0 Å². The van der Waals surface area contributed by atoms with Crippen LogP contribution in [0, 0.1) is 11.8 Å². The molecule has 1 amide bonds. The highest BCUT2D eigenvalue weighted by Gasteiger charge is 2.20. The molecule has 0 radical (unpaired) electrons. The van der Waals surface area contributed by atoms with Crippen LogP contribution in [0.5, 0.6) is 0 Å². The van der Waals surface area contributed by atoms with Gasteiger partial charge in [-0.3, -0.25) is 14.6 Å². The first-order valence-electron chi connectivity index (χ1n) is 13.2. The van der Waals surface area contributed by atoms with E-state index in [0.717, 1.165) is 52.6 Å². The lowest BCUT2D eigenvalue weighted by Gasteiger charge is -2.18. The quantitative estimate of drug-likeness (QED) is 0.290. The number of hydrogen-bond donors (Lipinski definition) is 3. The van der Waals surface area contributed by atoms with Gasteiger partial charge in [-0.15, -0.1) is 0 Å². The number of pyridine rings is 2. The van der Waals surface area contributed by atoms with Crippen molar-refractivity contribution in [2.45, 2.75) is 18.5 Å². The molecule has 6 rings (SSSR count). The molecule has 0 aliphatic carbocycles. The van der Waals surface area contributed by atoms with Gasteiger partial charge in [0.05, 0.1) is 42.8 Å². The molecule has 0 saturated carbocycles. The number of fused-ring (bicyclic) bond motifs is 3. The van der Waals surface area contributed by atoms with E-state index in [1.54, 1.807) is 18.5 Å². The molecule has 40 heavy (non-hydrogen) atoms. The lowest BCUT2D eigenvalue weighted by atomic mass is 10.1. The maximum absolute atomic E-state index is 13.1. The number of nitrogens with one attached hydrogen (secondary N) is 2. The predicted octanol–water partition coefficient (Wildman–Crippen LogP) is 2.64. The van der Waals surface area contributed by atoms with Gasteiger partial charge in [0.15, 0.2) is 0 Å². The molecule has 1 aliphatic heterocycles. The van der Waals surface area contributed by atoms with Crippen LogP contribution in [0.15, 0.2) is 84.2 Å². The van der Waals surface area contributed by atoms with E-state index >= 15 is 0 Å². The summed E-state index contributed by atoms with van der Waals surface area (Å²) < 4.78 is 3.61. The molecule has 0 unspecified atom stereocenters. The second-order valence-electron chi connectivity index (χ2n) is 9.75. The SMILES string of the molecule is O=C(NCC#Cc1ccc2ncc3ncn([C@@H]4CCNC4)c3c2c1)c1cccn([C@H](CO)c2ccccc2)c1=O. The van der Waals surface area contributed by atoms with Gasteiger partial charge >= 0.3 is 0 Å². The average molecular weight is 533 g/mol. The molecule has 4 heterocycles. The molecule has 9 heteroatoms. The van der Waals surface area contributed by atoms with Crippen LogP contribution in [0.4, 0.5) is 0 Å². The van der Waals surface area contributed by atoms with Crippen LogP contribution >= 0.6 is 0 Å². The molecule has 1 fully saturated rings. The summed E-state index contributed by atoms with van der Waals surface area (Å²) in [6.07, 6.45) is 6.32. The summed E-state index contributed by atoms with van der Waals surface area (Å²) >= 11 is 0. The minimum absolute atomic E-state index is 0.00693. The van der Waals surface area contributed by atoms with Gasteiger partial charge in [-0.25, -0.2) is 4.98 Å². The van der Waals surface area contributed by atoms with E-state index in [2.05, 4.69) is 37.0 Å². The van der Waals surface area contributed by atoms with E-state index in [1.165, 1.54) is 10.6 Å². The highest BCUT2D eigenvalue weighted by Crippen LogP contribution is 2.28. The summed E-state index contributed by atoms with van der Waals surface area (Å²) in [6, 6.07) is 17.9. The molecule has 0 spiro atoms. The topological polar surface area (TPSA) is 114 Å². The molecule has 3 N–H and O–H groups in total. The molecule has 0 bridgehead atoms. The van der Waals surface area contributed by atoms with Crippen molar-refractivity contribution >= 4 is 27.8 Å². The van der Waals surface area contributed by atoms with E-state index in [0.29, 0.717) is 6.04 Å². The summed E-state index contributed by atoms with van der Waals surface area (Å²) in [7, 11) is 0. The predicted molar refractivity (Wildman–Crippen MR) is 153 cm³/mol. The Balaban J connectivity index is 1.20. The summed E-state index contributed by atoms with van der Waals surface area (Å²) in [5.74, 6) is 5.59.